The Morgan fingerprint density at radius 1 is 0.955 bits per heavy atom. The van der Waals surface area contributed by atoms with Crippen molar-refractivity contribution in [3.8, 4) is 5.69 Å². The zero-order valence-corrected chi connectivity index (χ0v) is 12.1. The third kappa shape index (κ3) is 2.75. The summed E-state index contributed by atoms with van der Waals surface area (Å²) in [7, 11) is 3.02. The molecule has 0 fully saturated rings. The van der Waals surface area contributed by atoms with Gasteiger partial charge in [0.05, 0.1) is 11.4 Å². The van der Waals surface area contributed by atoms with E-state index in [1.807, 2.05) is 0 Å². The minimum atomic E-state index is -0.441. The van der Waals surface area contributed by atoms with Gasteiger partial charge in [-0.05, 0) is 24.3 Å². The molecule has 6 N–H and O–H groups in total. The Balaban J connectivity index is 2.43. The molecule has 0 atom stereocenters. The summed E-state index contributed by atoms with van der Waals surface area (Å²) in [6.07, 6.45) is 0. The Morgan fingerprint density at radius 2 is 1.45 bits per heavy atom. The summed E-state index contributed by atoms with van der Waals surface area (Å²) in [5.41, 5.74) is 15.9. The summed E-state index contributed by atoms with van der Waals surface area (Å²) < 4.78 is 3.48. The van der Waals surface area contributed by atoms with Crippen molar-refractivity contribution in [3.63, 3.8) is 0 Å². The van der Waals surface area contributed by atoms with E-state index < -0.39 is 11.4 Å². The van der Waals surface area contributed by atoms with E-state index in [0.29, 0.717) is 11.4 Å². The molecule has 0 saturated heterocycles. The van der Waals surface area contributed by atoms with Crippen molar-refractivity contribution in [2.75, 3.05) is 0 Å². The fourth-order valence-corrected chi connectivity index (χ4v) is 1.81. The van der Waals surface area contributed by atoms with Crippen molar-refractivity contribution in [1.29, 1.82) is 0 Å². The number of hydrogen-bond donors (Lipinski definition) is 3. The Labute approximate surface area is 124 Å². The number of nitrogens with zero attached hydrogens (tertiary/aromatic N) is 5. The molecule has 0 bridgehead atoms. The quantitative estimate of drug-likeness (QED) is 0.437. The van der Waals surface area contributed by atoms with Crippen molar-refractivity contribution in [2.24, 2.45) is 41.3 Å². The van der Waals surface area contributed by atoms with Crippen LogP contribution >= 0.6 is 0 Å². The molecule has 1 heterocycles. The van der Waals surface area contributed by atoms with E-state index in [4.69, 9.17) is 17.2 Å². The van der Waals surface area contributed by atoms with Crippen molar-refractivity contribution in [1.82, 2.24) is 13.9 Å². The van der Waals surface area contributed by atoms with Gasteiger partial charge in [-0.25, -0.2) is 28.5 Å². The molecular formula is C12H16N8O2. The lowest BCUT2D eigenvalue weighted by Gasteiger charge is -2.00. The van der Waals surface area contributed by atoms with Crippen LogP contribution in [0, 0.1) is 0 Å². The van der Waals surface area contributed by atoms with Crippen molar-refractivity contribution in [2.45, 2.75) is 0 Å². The standard InChI is InChI=1S/C12H16N8O2/c1-18-11(21)20(12(22)19(18)2)8-5-3-7(4-6-8)16-10(15)17-9(13)14/h3-6H,1-2H3,(H6,13,14,15,16,17). The van der Waals surface area contributed by atoms with Gasteiger partial charge in [-0.2, -0.15) is 4.99 Å². The second-order valence-electron chi connectivity index (χ2n) is 4.47. The lowest BCUT2D eigenvalue weighted by molar-refractivity contribution is 0.565. The molecule has 0 radical (unpaired) electrons. The molecule has 1 aromatic heterocycles. The Hall–Kier alpha value is -3.30. The molecule has 0 unspecified atom stereocenters. The molecule has 0 aliphatic carbocycles. The van der Waals surface area contributed by atoms with Gasteiger partial charge < -0.3 is 17.2 Å². The molecular weight excluding hydrogens is 288 g/mol. The van der Waals surface area contributed by atoms with Gasteiger partial charge in [0.2, 0.25) is 5.96 Å². The topological polar surface area (TPSA) is 152 Å². The Bertz CT molecular complexity index is 829. The fourth-order valence-electron chi connectivity index (χ4n) is 1.81. The van der Waals surface area contributed by atoms with Crippen LogP contribution in [0.25, 0.3) is 5.69 Å². The van der Waals surface area contributed by atoms with Gasteiger partial charge >= 0.3 is 11.4 Å². The summed E-state index contributed by atoms with van der Waals surface area (Å²) >= 11 is 0. The Morgan fingerprint density at radius 3 is 1.91 bits per heavy atom. The molecule has 0 saturated carbocycles. The van der Waals surface area contributed by atoms with Crippen LogP contribution < -0.4 is 28.6 Å². The van der Waals surface area contributed by atoms with Crippen LogP contribution in [-0.2, 0) is 14.1 Å². The summed E-state index contributed by atoms with van der Waals surface area (Å²) in [5, 5.41) is 0. The predicted molar refractivity (Wildman–Crippen MR) is 83.3 cm³/mol. The average molecular weight is 304 g/mol. The molecule has 0 aliphatic rings. The first-order valence-corrected chi connectivity index (χ1v) is 6.20. The lowest BCUT2D eigenvalue weighted by atomic mass is 10.3. The maximum atomic E-state index is 12.0. The Kier molecular flexibility index (Phi) is 3.84. The largest absolute Gasteiger partial charge is 0.370 e. The number of guanidine groups is 2. The van der Waals surface area contributed by atoms with Gasteiger partial charge in [0.1, 0.15) is 0 Å². The van der Waals surface area contributed by atoms with Gasteiger partial charge in [-0.1, -0.05) is 0 Å². The summed E-state index contributed by atoms with van der Waals surface area (Å²) in [5.74, 6) is -0.294. The summed E-state index contributed by atoms with van der Waals surface area (Å²) in [6.45, 7) is 0. The molecule has 2 rings (SSSR count). The first-order chi connectivity index (χ1) is 10.3. The zero-order chi connectivity index (χ0) is 16.4. The molecule has 0 spiro atoms. The van der Waals surface area contributed by atoms with Gasteiger partial charge in [0, 0.05) is 14.1 Å². The van der Waals surface area contributed by atoms with Crippen LogP contribution in [0.5, 0.6) is 0 Å². The third-order valence-electron chi connectivity index (χ3n) is 2.98. The zero-order valence-electron chi connectivity index (χ0n) is 12.1. The van der Waals surface area contributed by atoms with Crippen molar-refractivity contribution < 1.29 is 0 Å². The molecule has 0 aliphatic heterocycles. The van der Waals surface area contributed by atoms with E-state index >= 15 is 0 Å². The van der Waals surface area contributed by atoms with Gasteiger partial charge in [0.25, 0.3) is 0 Å². The first-order valence-electron chi connectivity index (χ1n) is 6.20. The molecule has 0 amide bonds. The van der Waals surface area contributed by atoms with E-state index in [1.165, 1.54) is 23.5 Å². The van der Waals surface area contributed by atoms with E-state index in [-0.39, 0.29) is 11.9 Å². The number of aromatic nitrogens is 3. The number of rotatable bonds is 2. The fraction of sp³-hybridized carbons (Fsp3) is 0.167. The van der Waals surface area contributed by atoms with Crippen LogP contribution in [0.1, 0.15) is 0 Å². The second-order valence-corrected chi connectivity index (χ2v) is 4.47. The molecule has 10 heteroatoms. The van der Waals surface area contributed by atoms with E-state index in [0.717, 1.165) is 4.57 Å². The second kappa shape index (κ2) is 5.60. The van der Waals surface area contributed by atoms with Crippen LogP contribution in [0.2, 0.25) is 0 Å². The van der Waals surface area contributed by atoms with Crippen molar-refractivity contribution in [3.05, 3.63) is 45.2 Å². The minimum Gasteiger partial charge on any atom is -0.370 e. The molecule has 10 nitrogen and oxygen atoms in total. The SMILES string of the molecule is Cn1c(=O)n(-c2ccc(N=C(N)N=C(N)N)cc2)c(=O)n1C. The highest BCUT2D eigenvalue weighted by Gasteiger charge is 2.11. The minimum absolute atomic E-state index is 0.0967. The van der Waals surface area contributed by atoms with Gasteiger partial charge in [-0.3, -0.25) is 0 Å². The van der Waals surface area contributed by atoms with Crippen LogP contribution in [0.4, 0.5) is 5.69 Å². The highest BCUT2D eigenvalue weighted by molar-refractivity contribution is 5.93. The lowest BCUT2D eigenvalue weighted by Crippen LogP contribution is -2.26. The first kappa shape index (κ1) is 15.1. The summed E-state index contributed by atoms with van der Waals surface area (Å²) in [4.78, 5) is 31.6. The predicted octanol–water partition coefficient (Wildman–Crippen LogP) is -1.91. The number of benzene rings is 1. The van der Waals surface area contributed by atoms with Gasteiger partial charge in [0.15, 0.2) is 5.96 Å². The molecule has 2 aromatic rings. The highest BCUT2D eigenvalue weighted by atomic mass is 16.2. The van der Waals surface area contributed by atoms with Crippen molar-refractivity contribution >= 4 is 17.6 Å². The van der Waals surface area contributed by atoms with Crippen LogP contribution in [0.3, 0.4) is 0 Å². The smallest absolute Gasteiger partial charge is 0.351 e. The average Bonchev–Trinajstić information content (AvgIpc) is 2.63. The van der Waals surface area contributed by atoms with Crippen LogP contribution in [-0.4, -0.2) is 25.8 Å². The van der Waals surface area contributed by atoms with Crippen LogP contribution in [0.15, 0.2) is 43.8 Å². The molecule has 116 valence electrons. The molecule has 1 aromatic carbocycles. The monoisotopic (exact) mass is 304 g/mol. The summed E-state index contributed by atoms with van der Waals surface area (Å²) in [6, 6.07) is 6.32. The van der Waals surface area contributed by atoms with E-state index in [2.05, 4.69) is 9.98 Å². The maximum absolute atomic E-state index is 12.0. The third-order valence-corrected chi connectivity index (χ3v) is 2.98. The van der Waals surface area contributed by atoms with Gasteiger partial charge in [-0.15, -0.1) is 0 Å². The number of aliphatic imine (C=N–C) groups is 2. The number of hydrogen-bond acceptors (Lipinski definition) is 3. The maximum Gasteiger partial charge on any atom is 0.351 e. The number of nitrogens with two attached hydrogens (primary N) is 3. The van der Waals surface area contributed by atoms with E-state index in [1.54, 1.807) is 24.3 Å². The molecule has 22 heavy (non-hydrogen) atoms. The highest BCUT2D eigenvalue weighted by Crippen LogP contribution is 2.14. The van der Waals surface area contributed by atoms with E-state index in [9.17, 15) is 9.59 Å². The normalized spacial score (nSPS) is 11.5.